The van der Waals surface area contributed by atoms with Gasteiger partial charge in [0.25, 0.3) is 0 Å². The molecule has 1 heterocycles. The molecule has 1 aliphatic heterocycles. The van der Waals surface area contributed by atoms with E-state index in [1.807, 2.05) is 20.8 Å². The minimum atomic E-state index is -0.275. The van der Waals surface area contributed by atoms with Crippen molar-refractivity contribution >= 4 is 6.29 Å². The number of ether oxygens (including phenoxy) is 2. The first-order valence-corrected chi connectivity index (χ1v) is 4.26. The highest BCUT2D eigenvalue weighted by Crippen LogP contribution is 2.27. The zero-order valence-corrected chi connectivity index (χ0v) is 7.87. The molecule has 0 amide bonds. The molecule has 1 unspecified atom stereocenters. The number of aldehydes is 1. The Morgan fingerprint density at radius 2 is 2.08 bits per heavy atom. The molecule has 0 aromatic rings. The third-order valence-corrected chi connectivity index (χ3v) is 1.83. The largest absolute Gasteiger partial charge is 0.352 e. The summed E-state index contributed by atoms with van der Waals surface area (Å²) in [6.45, 7) is 6.71. The van der Waals surface area contributed by atoms with Gasteiger partial charge >= 0.3 is 0 Å². The topological polar surface area (TPSA) is 35.5 Å². The summed E-state index contributed by atoms with van der Waals surface area (Å²) in [6.07, 6.45) is 1.00. The van der Waals surface area contributed by atoms with Crippen LogP contribution in [0.1, 0.15) is 27.2 Å². The van der Waals surface area contributed by atoms with E-state index in [9.17, 15) is 4.79 Å². The van der Waals surface area contributed by atoms with Crippen molar-refractivity contribution in [3.05, 3.63) is 0 Å². The van der Waals surface area contributed by atoms with Crippen LogP contribution in [0.25, 0.3) is 0 Å². The lowest BCUT2D eigenvalue weighted by Gasteiger charge is -2.35. The third-order valence-electron chi connectivity index (χ3n) is 1.83. The second-order valence-corrected chi connectivity index (χ2v) is 4.17. The molecule has 12 heavy (non-hydrogen) atoms. The van der Waals surface area contributed by atoms with Gasteiger partial charge in [-0.2, -0.15) is 0 Å². The van der Waals surface area contributed by atoms with Gasteiger partial charge in [-0.15, -0.1) is 0 Å². The van der Waals surface area contributed by atoms with Gasteiger partial charge in [-0.1, -0.05) is 20.8 Å². The minimum absolute atomic E-state index is 0.0539. The number of carbonyl (C=O) groups excluding carboxylic acids is 1. The van der Waals surface area contributed by atoms with Crippen molar-refractivity contribution in [2.75, 3.05) is 6.61 Å². The molecule has 3 nitrogen and oxygen atoms in total. The van der Waals surface area contributed by atoms with Crippen LogP contribution in [-0.4, -0.2) is 25.3 Å². The molecule has 0 spiro atoms. The van der Waals surface area contributed by atoms with E-state index in [0.717, 1.165) is 6.29 Å². The van der Waals surface area contributed by atoms with Crippen LogP contribution >= 0.6 is 0 Å². The van der Waals surface area contributed by atoms with Crippen molar-refractivity contribution in [3.8, 4) is 0 Å². The first kappa shape index (κ1) is 9.68. The Kier molecular flexibility index (Phi) is 2.85. The van der Waals surface area contributed by atoms with Gasteiger partial charge in [0.05, 0.1) is 6.61 Å². The maximum Gasteiger partial charge on any atom is 0.163 e. The summed E-state index contributed by atoms with van der Waals surface area (Å²) in [6, 6.07) is 0. The Bertz CT molecular complexity index is 160. The van der Waals surface area contributed by atoms with Crippen molar-refractivity contribution in [2.45, 2.75) is 39.6 Å². The highest BCUT2D eigenvalue weighted by Gasteiger charge is 2.32. The Labute approximate surface area is 73.0 Å². The van der Waals surface area contributed by atoms with E-state index in [0.29, 0.717) is 13.0 Å². The monoisotopic (exact) mass is 172 g/mol. The molecule has 2 atom stereocenters. The number of rotatable bonds is 1. The maximum atomic E-state index is 10.5. The van der Waals surface area contributed by atoms with Crippen molar-refractivity contribution in [1.82, 2.24) is 0 Å². The fraction of sp³-hybridized carbons (Fsp3) is 0.889. The molecule has 1 rings (SSSR count). The van der Waals surface area contributed by atoms with Crippen molar-refractivity contribution < 1.29 is 14.3 Å². The molecule has 1 aliphatic rings. The van der Waals surface area contributed by atoms with Crippen LogP contribution in [0.5, 0.6) is 0 Å². The zero-order chi connectivity index (χ0) is 9.19. The van der Waals surface area contributed by atoms with Crippen molar-refractivity contribution in [2.24, 2.45) is 5.41 Å². The Morgan fingerprint density at radius 3 is 2.58 bits per heavy atom. The first-order chi connectivity index (χ1) is 5.54. The van der Waals surface area contributed by atoms with Gasteiger partial charge in [0, 0.05) is 11.8 Å². The molecule has 0 N–H and O–H groups in total. The van der Waals surface area contributed by atoms with E-state index in [1.165, 1.54) is 0 Å². The molecule has 1 saturated heterocycles. The Balaban J connectivity index is 2.51. The Morgan fingerprint density at radius 1 is 1.42 bits per heavy atom. The summed E-state index contributed by atoms with van der Waals surface area (Å²) in [7, 11) is 0. The predicted molar refractivity (Wildman–Crippen MR) is 44.7 cm³/mol. The van der Waals surface area contributed by atoms with Crippen LogP contribution in [0.4, 0.5) is 0 Å². The molecule has 0 bridgehead atoms. The molecule has 0 aromatic carbocycles. The van der Waals surface area contributed by atoms with Gasteiger partial charge in [-0.05, 0) is 0 Å². The maximum absolute atomic E-state index is 10.5. The highest BCUT2D eigenvalue weighted by molar-refractivity contribution is 5.56. The third kappa shape index (κ3) is 2.29. The summed E-state index contributed by atoms with van der Waals surface area (Å²) < 4.78 is 10.8. The highest BCUT2D eigenvalue weighted by atomic mass is 16.7. The van der Waals surface area contributed by atoms with Crippen LogP contribution in [0.2, 0.25) is 0 Å². The summed E-state index contributed by atoms with van der Waals surface area (Å²) >= 11 is 0. The van der Waals surface area contributed by atoms with Gasteiger partial charge in [-0.25, -0.2) is 0 Å². The average molecular weight is 172 g/mol. The van der Waals surface area contributed by atoms with E-state index in [4.69, 9.17) is 9.47 Å². The van der Waals surface area contributed by atoms with Crippen LogP contribution in [0.3, 0.4) is 0 Å². The molecular weight excluding hydrogens is 156 g/mol. The second kappa shape index (κ2) is 3.54. The molecule has 3 heteroatoms. The molecule has 0 aliphatic carbocycles. The zero-order valence-electron chi connectivity index (χ0n) is 7.87. The van der Waals surface area contributed by atoms with Crippen molar-refractivity contribution in [3.63, 3.8) is 0 Å². The lowest BCUT2D eigenvalue weighted by molar-refractivity contribution is -0.245. The molecule has 0 aromatic heterocycles. The molecular formula is C9H16O3. The van der Waals surface area contributed by atoms with E-state index in [2.05, 4.69) is 0 Å². The number of carbonyl (C=O) groups is 1. The minimum Gasteiger partial charge on any atom is -0.352 e. The summed E-state index contributed by atoms with van der Waals surface area (Å²) in [5.74, 6) is 0. The summed E-state index contributed by atoms with van der Waals surface area (Å²) in [5.41, 5.74) is -0.0539. The lowest BCUT2D eigenvalue weighted by Crippen LogP contribution is -2.41. The molecule has 1 fully saturated rings. The molecule has 70 valence electrons. The van der Waals surface area contributed by atoms with E-state index in [-0.39, 0.29) is 17.8 Å². The quantitative estimate of drug-likeness (QED) is 0.560. The first-order valence-electron chi connectivity index (χ1n) is 4.26. The SMILES string of the molecule is CC(C)(C)[C@@H]1OCCC(C=O)O1. The van der Waals surface area contributed by atoms with Gasteiger partial charge in [0.2, 0.25) is 0 Å². The molecule has 0 saturated carbocycles. The van der Waals surface area contributed by atoms with Crippen LogP contribution < -0.4 is 0 Å². The van der Waals surface area contributed by atoms with Crippen molar-refractivity contribution in [1.29, 1.82) is 0 Å². The van der Waals surface area contributed by atoms with E-state index >= 15 is 0 Å². The van der Waals surface area contributed by atoms with E-state index < -0.39 is 0 Å². The fourth-order valence-electron chi connectivity index (χ4n) is 1.11. The van der Waals surface area contributed by atoms with Gasteiger partial charge in [0.15, 0.2) is 6.29 Å². The van der Waals surface area contributed by atoms with Crippen LogP contribution in [0, 0.1) is 5.41 Å². The number of hydrogen-bond acceptors (Lipinski definition) is 3. The Hall–Kier alpha value is -0.410. The van der Waals surface area contributed by atoms with Crippen LogP contribution in [-0.2, 0) is 14.3 Å². The van der Waals surface area contributed by atoms with Gasteiger partial charge < -0.3 is 14.3 Å². The van der Waals surface area contributed by atoms with Gasteiger partial charge in [-0.3, -0.25) is 0 Å². The average Bonchev–Trinajstić information content (AvgIpc) is 2.03. The standard InChI is InChI=1S/C9H16O3/c1-9(2,3)8-11-5-4-7(6-10)12-8/h6-8H,4-5H2,1-3H3/t7?,8-/m1/s1. The lowest BCUT2D eigenvalue weighted by atomic mass is 9.95. The summed E-state index contributed by atoms with van der Waals surface area (Å²) in [5, 5.41) is 0. The van der Waals surface area contributed by atoms with Gasteiger partial charge in [0.1, 0.15) is 12.4 Å². The predicted octanol–water partition coefficient (Wildman–Crippen LogP) is 1.36. The van der Waals surface area contributed by atoms with E-state index in [1.54, 1.807) is 0 Å². The smallest absolute Gasteiger partial charge is 0.163 e. The fourth-order valence-corrected chi connectivity index (χ4v) is 1.11. The van der Waals surface area contributed by atoms with Crippen LogP contribution in [0.15, 0.2) is 0 Å². The summed E-state index contributed by atoms with van der Waals surface area (Å²) in [4.78, 5) is 10.5. The second-order valence-electron chi connectivity index (χ2n) is 4.17. The molecule has 0 radical (unpaired) electrons. The normalized spacial score (nSPS) is 31.6. The number of hydrogen-bond donors (Lipinski definition) is 0.